The van der Waals surface area contributed by atoms with Crippen molar-refractivity contribution in [3.05, 3.63) is 11.1 Å². The van der Waals surface area contributed by atoms with Gasteiger partial charge in [0, 0.05) is 26.2 Å². The van der Waals surface area contributed by atoms with E-state index < -0.39 is 0 Å². The van der Waals surface area contributed by atoms with Gasteiger partial charge in [-0.05, 0) is 6.92 Å². The molecule has 0 aliphatic carbocycles. The van der Waals surface area contributed by atoms with Crippen LogP contribution in [-0.2, 0) is 21.1 Å². The Kier molecular flexibility index (Phi) is 3.25. The molecule has 0 saturated carbocycles. The number of nitrogen functional groups attached to an aromatic ring is 1. The Morgan fingerprint density at radius 2 is 2.38 bits per heavy atom. The summed E-state index contributed by atoms with van der Waals surface area (Å²) >= 11 is 1.45. The van der Waals surface area contributed by atoms with Crippen molar-refractivity contribution in [3.8, 4) is 0 Å². The summed E-state index contributed by atoms with van der Waals surface area (Å²) in [5.74, 6) is 0. The summed E-state index contributed by atoms with van der Waals surface area (Å²) < 4.78 is 0. The second kappa shape index (κ2) is 3.20. The number of rotatable bonds is 0. The number of aromatic nitrogens is 1. The molecule has 4 heteroatoms. The van der Waals surface area contributed by atoms with Gasteiger partial charge in [0.15, 0.2) is 0 Å². The van der Waals surface area contributed by atoms with Crippen molar-refractivity contribution in [1.29, 1.82) is 0 Å². The largest absolute Gasteiger partial charge is 0.452 e. The predicted octanol–water partition coefficient (Wildman–Crippen LogP) is 0.831. The van der Waals surface area contributed by atoms with Crippen LogP contribution in [0.25, 0.3) is 0 Å². The van der Waals surface area contributed by atoms with Crippen molar-refractivity contribution >= 4 is 16.5 Å². The molecule has 44 valence electrons. The topological polar surface area (TPSA) is 38.9 Å². The SMILES string of the molecule is Cc1[c-]nc(N)s1.[W]. The number of nitrogens with zero attached hydrogens (tertiary/aromatic N) is 1. The Morgan fingerprint density at radius 1 is 1.75 bits per heavy atom. The van der Waals surface area contributed by atoms with E-state index in [2.05, 4.69) is 11.2 Å². The maximum absolute atomic E-state index is 5.25. The monoisotopic (exact) mass is 297 g/mol. The quantitative estimate of drug-likeness (QED) is 0.721. The van der Waals surface area contributed by atoms with Crippen LogP contribution in [-0.4, -0.2) is 4.98 Å². The normalized spacial score (nSPS) is 8.12. The van der Waals surface area contributed by atoms with Crippen LogP contribution < -0.4 is 5.73 Å². The van der Waals surface area contributed by atoms with E-state index >= 15 is 0 Å². The molecule has 0 fully saturated rings. The third-order valence-corrected chi connectivity index (χ3v) is 1.28. The van der Waals surface area contributed by atoms with Crippen LogP contribution in [0.1, 0.15) is 4.88 Å². The number of thiazole rings is 1. The van der Waals surface area contributed by atoms with E-state index in [9.17, 15) is 0 Å². The first-order chi connectivity index (χ1) is 3.29. The molecule has 0 atom stereocenters. The van der Waals surface area contributed by atoms with Gasteiger partial charge in [0.25, 0.3) is 0 Å². The number of aryl methyl sites for hydroxylation is 1. The maximum atomic E-state index is 5.25. The van der Waals surface area contributed by atoms with Crippen LogP contribution in [0.5, 0.6) is 0 Å². The van der Waals surface area contributed by atoms with Crippen LogP contribution >= 0.6 is 11.3 Å². The summed E-state index contributed by atoms with van der Waals surface area (Å²) in [6.07, 6.45) is 2.71. The van der Waals surface area contributed by atoms with Crippen LogP contribution in [0.2, 0.25) is 0 Å². The molecule has 0 spiro atoms. The number of nitrogens with two attached hydrogens (primary N) is 1. The van der Waals surface area contributed by atoms with E-state index in [1.165, 1.54) is 11.3 Å². The van der Waals surface area contributed by atoms with Crippen LogP contribution in [0.3, 0.4) is 0 Å². The summed E-state index contributed by atoms with van der Waals surface area (Å²) in [5, 5.41) is 0.595. The van der Waals surface area contributed by atoms with Gasteiger partial charge in [-0.15, -0.1) is 6.20 Å². The van der Waals surface area contributed by atoms with Crippen molar-refractivity contribution in [2.24, 2.45) is 0 Å². The van der Waals surface area contributed by atoms with Gasteiger partial charge < -0.3 is 10.7 Å². The van der Waals surface area contributed by atoms with Gasteiger partial charge in [-0.1, -0.05) is 4.88 Å². The zero-order valence-corrected chi connectivity index (χ0v) is 8.09. The fourth-order valence-electron chi connectivity index (χ4n) is 0.336. The molecule has 0 aliphatic rings. The van der Waals surface area contributed by atoms with Gasteiger partial charge in [0.05, 0.1) is 0 Å². The van der Waals surface area contributed by atoms with E-state index in [4.69, 9.17) is 5.73 Å². The van der Waals surface area contributed by atoms with E-state index in [0.717, 1.165) is 4.88 Å². The Balaban J connectivity index is 0.000000490. The molecule has 1 heterocycles. The molecule has 1 aromatic rings. The van der Waals surface area contributed by atoms with Gasteiger partial charge in [-0.3, -0.25) is 0 Å². The first-order valence-corrected chi connectivity index (χ1v) is 2.71. The number of hydrogen-bond acceptors (Lipinski definition) is 3. The van der Waals surface area contributed by atoms with Crippen molar-refractivity contribution in [1.82, 2.24) is 4.98 Å². The van der Waals surface area contributed by atoms with Crippen LogP contribution in [0.4, 0.5) is 5.13 Å². The van der Waals surface area contributed by atoms with Gasteiger partial charge in [0.2, 0.25) is 0 Å². The molecular formula is C4H5N2SW-. The summed E-state index contributed by atoms with van der Waals surface area (Å²) in [7, 11) is 0. The average molecular weight is 297 g/mol. The Bertz CT molecular complexity index is 146. The van der Waals surface area contributed by atoms with Crippen LogP contribution in [0.15, 0.2) is 0 Å². The average Bonchev–Trinajstić information content (AvgIpc) is 1.87. The smallest absolute Gasteiger partial charge is 0.0212 e. The summed E-state index contributed by atoms with van der Waals surface area (Å²) in [6.45, 7) is 1.92. The molecule has 0 aliphatic heterocycles. The minimum atomic E-state index is 0. The molecule has 1 aromatic heterocycles. The minimum Gasteiger partial charge on any atom is -0.452 e. The maximum Gasteiger partial charge on any atom is 0.0212 e. The van der Waals surface area contributed by atoms with Crippen molar-refractivity contribution in [3.63, 3.8) is 0 Å². The molecule has 2 nitrogen and oxygen atoms in total. The van der Waals surface area contributed by atoms with Crippen molar-refractivity contribution in [2.75, 3.05) is 5.73 Å². The Morgan fingerprint density at radius 3 is 2.50 bits per heavy atom. The second-order valence-electron chi connectivity index (χ2n) is 1.22. The van der Waals surface area contributed by atoms with Crippen LogP contribution in [0, 0.1) is 13.1 Å². The van der Waals surface area contributed by atoms with E-state index in [-0.39, 0.29) is 21.1 Å². The number of anilines is 1. The molecule has 8 heavy (non-hydrogen) atoms. The Hall–Kier alpha value is 0.118. The first kappa shape index (κ1) is 8.12. The summed E-state index contributed by atoms with van der Waals surface area (Å²) in [4.78, 5) is 4.73. The summed E-state index contributed by atoms with van der Waals surface area (Å²) in [5.41, 5.74) is 5.25. The predicted molar refractivity (Wildman–Crippen MR) is 30.1 cm³/mol. The molecule has 0 aromatic carbocycles. The van der Waals surface area contributed by atoms with Gasteiger partial charge in [-0.25, -0.2) is 11.3 Å². The summed E-state index contributed by atoms with van der Waals surface area (Å²) in [6, 6.07) is 0. The third-order valence-electron chi connectivity index (χ3n) is 0.581. The second-order valence-corrected chi connectivity index (χ2v) is 2.45. The van der Waals surface area contributed by atoms with E-state index in [0.29, 0.717) is 5.13 Å². The van der Waals surface area contributed by atoms with E-state index in [1.54, 1.807) is 0 Å². The third kappa shape index (κ3) is 1.93. The fourth-order valence-corrected chi connectivity index (χ4v) is 0.833. The van der Waals surface area contributed by atoms with Gasteiger partial charge in [-0.2, -0.15) is 0 Å². The molecule has 0 radical (unpaired) electrons. The molecule has 0 unspecified atom stereocenters. The standard InChI is InChI=1S/C4H5N2S.W/c1-3-2-6-4(5)7-3;/h1H3,(H2,5,6);/q-1;. The molecule has 0 bridgehead atoms. The Labute approximate surface area is 66.4 Å². The molecule has 2 N–H and O–H groups in total. The van der Waals surface area contributed by atoms with Gasteiger partial charge >= 0.3 is 0 Å². The zero-order valence-electron chi connectivity index (χ0n) is 4.34. The van der Waals surface area contributed by atoms with Crippen molar-refractivity contribution in [2.45, 2.75) is 6.92 Å². The fraction of sp³-hybridized carbons (Fsp3) is 0.250. The zero-order chi connectivity index (χ0) is 5.28. The molecule has 0 saturated heterocycles. The minimum absolute atomic E-state index is 0. The number of hydrogen-bond donors (Lipinski definition) is 1. The first-order valence-electron chi connectivity index (χ1n) is 1.89. The van der Waals surface area contributed by atoms with Gasteiger partial charge in [0.1, 0.15) is 0 Å². The molecule has 0 amide bonds. The molecular weight excluding hydrogens is 292 g/mol. The van der Waals surface area contributed by atoms with Crippen molar-refractivity contribution < 1.29 is 21.1 Å². The molecule has 1 rings (SSSR count). The van der Waals surface area contributed by atoms with E-state index in [1.807, 2.05) is 6.92 Å².